The summed E-state index contributed by atoms with van der Waals surface area (Å²) in [5.74, 6) is -0.892. The van der Waals surface area contributed by atoms with Gasteiger partial charge in [-0.3, -0.25) is 14.4 Å². The summed E-state index contributed by atoms with van der Waals surface area (Å²) in [5.41, 5.74) is 0. The summed E-state index contributed by atoms with van der Waals surface area (Å²) < 4.78 is 16.9. The Morgan fingerprint density at radius 3 is 0.827 bits per heavy atom. The number of rotatable bonds is 57. The van der Waals surface area contributed by atoms with Crippen LogP contribution in [0.2, 0.25) is 0 Å². The first-order valence-corrected chi connectivity index (χ1v) is 31.7. The molecule has 0 aromatic rings. The first kappa shape index (κ1) is 71.3. The predicted octanol–water partition coefficient (Wildman–Crippen LogP) is 21.7. The highest BCUT2D eigenvalue weighted by molar-refractivity contribution is 5.71. The van der Waals surface area contributed by atoms with Crippen LogP contribution in [0.5, 0.6) is 0 Å². The lowest BCUT2D eigenvalue weighted by Crippen LogP contribution is -2.30. The maximum atomic E-state index is 12.9. The molecule has 0 amide bonds. The van der Waals surface area contributed by atoms with E-state index in [1.807, 2.05) is 0 Å². The predicted molar refractivity (Wildman–Crippen MR) is 325 cm³/mol. The number of hydrogen-bond donors (Lipinski definition) is 0. The second-order valence-electron chi connectivity index (χ2n) is 20.9. The Hall–Kier alpha value is -3.67. The van der Waals surface area contributed by atoms with Crippen molar-refractivity contribution in [3.63, 3.8) is 0 Å². The van der Waals surface area contributed by atoms with Gasteiger partial charge >= 0.3 is 17.9 Å². The molecule has 0 aliphatic rings. The number of allylic oxidation sites excluding steroid dienone is 16. The third-order valence-electron chi connectivity index (χ3n) is 13.6. The number of esters is 3. The van der Waals surface area contributed by atoms with E-state index in [1.165, 1.54) is 141 Å². The molecule has 0 rings (SSSR count). The number of unbranched alkanes of at least 4 members (excludes halogenated alkanes) is 30. The molecule has 430 valence electrons. The lowest BCUT2D eigenvalue weighted by Gasteiger charge is -2.18. The van der Waals surface area contributed by atoms with Gasteiger partial charge in [0.2, 0.25) is 0 Å². The van der Waals surface area contributed by atoms with Crippen LogP contribution in [-0.2, 0) is 28.6 Å². The summed E-state index contributed by atoms with van der Waals surface area (Å²) >= 11 is 0. The molecule has 0 spiro atoms. The molecule has 0 saturated carbocycles. The molecule has 1 atom stereocenters. The van der Waals surface area contributed by atoms with Crippen LogP contribution in [0.1, 0.15) is 303 Å². The van der Waals surface area contributed by atoms with Gasteiger partial charge in [-0.25, -0.2) is 0 Å². The lowest BCUT2D eigenvalue weighted by atomic mass is 10.0. The lowest BCUT2D eigenvalue weighted by molar-refractivity contribution is -0.167. The van der Waals surface area contributed by atoms with Crippen LogP contribution in [0, 0.1) is 0 Å². The first-order chi connectivity index (χ1) is 37.0. The van der Waals surface area contributed by atoms with Crippen molar-refractivity contribution in [2.45, 2.75) is 309 Å². The van der Waals surface area contributed by atoms with Crippen molar-refractivity contribution in [2.75, 3.05) is 13.2 Å². The van der Waals surface area contributed by atoms with Gasteiger partial charge in [-0.1, -0.05) is 279 Å². The topological polar surface area (TPSA) is 78.9 Å². The Labute approximate surface area is 464 Å². The van der Waals surface area contributed by atoms with E-state index in [1.54, 1.807) is 0 Å². The van der Waals surface area contributed by atoms with Gasteiger partial charge in [-0.2, -0.15) is 0 Å². The summed E-state index contributed by atoms with van der Waals surface area (Å²) in [6, 6.07) is 0. The Kier molecular flexibility index (Phi) is 59.8. The molecule has 6 heteroatoms. The minimum atomic E-state index is -0.785. The van der Waals surface area contributed by atoms with E-state index >= 15 is 0 Å². The van der Waals surface area contributed by atoms with Crippen molar-refractivity contribution in [1.82, 2.24) is 0 Å². The summed E-state index contributed by atoms with van der Waals surface area (Å²) in [6.45, 7) is 6.52. The molecule has 0 aromatic heterocycles. The van der Waals surface area contributed by atoms with E-state index < -0.39 is 6.10 Å². The number of carbonyl (C=O) groups excluding carboxylic acids is 3. The standard InChI is InChI=1S/C69H118O6/c1-4-7-10-13-16-19-22-25-28-29-30-31-32-33-34-35-36-37-38-39-40-41-42-45-47-50-53-56-59-62-68(71)74-65-66(75-69(72)63-60-57-54-51-48-44-27-24-21-18-15-12-9-6-3)64-73-67(70)61-58-55-52-49-46-43-26-23-20-17-14-11-8-5-2/h7,10,16,19,24-25,27-28,30-31,33-34,36-37,39-40,66H,4-6,8-9,11-15,17-18,20-23,26,29,32,35,38,41-65H2,1-3H3/b10-7-,19-16-,27-24-,28-25-,31-30-,34-33-,37-36-,40-39-. The van der Waals surface area contributed by atoms with Crippen molar-refractivity contribution in [3.05, 3.63) is 97.2 Å². The number of carbonyl (C=O) groups is 3. The SMILES string of the molecule is CC/C=C\C/C=C\C/C=C\C/C=C\C/C=C\C/C=C\C/C=C\CCCCCCCCCC(=O)OCC(COC(=O)CCCCCCCCCCCCCCCC)OC(=O)CCCCCCC/C=C\CCCCCCC. The summed E-state index contributed by atoms with van der Waals surface area (Å²) in [7, 11) is 0. The molecule has 0 N–H and O–H groups in total. The molecular formula is C69H118O6. The van der Waals surface area contributed by atoms with Crippen molar-refractivity contribution in [1.29, 1.82) is 0 Å². The normalized spacial score (nSPS) is 12.7. The van der Waals surface area contributed by atoms with E-state index in [9.17, 15) is 14.4 Å². The maximum Gasteiger partial charge on any atom is 0.306 e. The molecule has 0 saturated heterocycles. The van der Waals surface area contributed by atoms with E-state index in [2.05, 4.69) is 118 Å². The quantitative estimate of drug-likeness (QED) is 0.0261. The Morgan fingerprint density at radius 1 is 0.280 bits per heavy atom. The van der Waals surface area contributed by atoms with E-state index in [0.717, 1.165) is 122 Å². The number of ether oxygens (including phenoxy) is 3. The van der Waals surface area contributed by atoms with E-state index in [4.69, 9.17) is 14.2 Å². The van der Waals surface area contributed by atoms with E-state index in [-0.39, 0.29) is 31.1 Å². The zero-order chi connectivity index (χ0) is 54.3. The molecule has 0 aliphatic carbocycles. The zero-order valence-electron chi connectivity index (χ0n) is 49.3. The minimum absolute atomic E-state index is 0.0814. The van der Waals surface area contributed by atoms with Gasteiger partial charge in [0.1, 0.15) is 13.2 Å². The largest absolute Gasteiger partial charge is 0.462 e. The van der Waals surface area contributed by atoms with Gasteiger partial charge in [0.05, 0.1) is 0 Å². The van der Waals surface area contributed by atoms with Gasteiger partial charge in [0, 0.05) is 19.3 Å². The van der Waals surface area contributed by atoms with Gasteiger partial charge in [-0.05, 0) is 103 Å². The summed E-state index contributed by atoms with van der Waals surface area (Å²) in [5, 5.41) is 0. The first-order valence-electron chi connectivity index (χ1n) is 31.7. The highest BCUT2D eigenvalue weighted by Gasteiger charge is 2.19. The molecule has 6 nitrogen and oxygen atoms in total. The maximum absolute atomic E-state index is 12.9. The Morgan fingerprint density at radius 2 is 0.520 bits per heavy atom. The summed E-state index contributed by atoms with van der Waals surface area (Å²) in [6.07, 6.45) is 84.1. The van der Waals surface area contributed by atoms with Crippen molar-refractivity contribution in [3.8, 4) is 0 Å². The molecule has 0 aliphatic heterocycles. The highest BCUT2D eigenvalue weighted by Crippen LogP contribution is 2.16. The fraction of sp³-hybridized carbons (Fsp3) is 0.725. The van der Waals surface area contributed by atoms with Crippen LogP contribution in [0.25, 0.3) is 0 Å². The fourth-order valence-corrected chi connectivity index (χ4v) is 8.83. The van der Waals surface area contributed by atoms with Crippen LogP contribution in [-0.4, -0.2) is 37.2 Å². The average molecular weight is 1040 g/mol. The van der Waals surface area contributed by atoms with Gasteiger partial charge < -0.3 is 14.2 Å². The Bertz CT molecular complexity index is 1480. The molecule has 1 unspecified atom stereocenters. The van der Waals surface area contributed by atoms with E-state index in [0.29, 0.717) is 19.3 Å². The third-order valence-corrected chi connectivity index (χ3v) is 13.6. The van der Waals surface area contributed by atoms with Crippen molar-refractivity contribution >= 4 is 17.9 Å². The highest BCUT2D eigenvalue weighted by atomic mass is 16.6. The monoisotopic (exact) mass is 1040 g/mol. The Balaban J connectivity index is 4.31. The molecular weight excluding hydrogens is 925 g/mol. The van der Waals surface area contributed by atoms with Gasteiger partial charge in [0.25, 0.3) is 0 Å². The molecule has 0 bridgehead atoms. The molecule has 0 fully saturated rings. The molecule has 0 heterocycles. The third kappa shape index (κ3) is 61.1. The average Bonchev–Trinajstić information content (AvgIpc) is 3.41. The molecule has 75 heavy (non-hydrogen) atoms. The van der Waals surface area contributed by atoms with Crippen molar-refractivity contribution < 1.29 is 28.6 Å². The smallest absolute Gasteiger partial charge is 0.306 e. The zero-order valence-corrected chi connectivity index (χ0v) is 49.3. The minimum Gasteiger partial charge on any atom is -0.462 e. The summed E-state index contributed by atoms with van der Waals surface area (Å²) in [4.78, 5) is 38.2. The van der Waals surface area contributed by atoms with Crippen molar-refractivity contribution in [2.24, 2.45) is 0 Å². The van der Waals surface area contributed by atoms with Crippen LogP contribution in [0.4, 0.5) is 0 Å². The molecule has 0 radical (unpaired) electrons. The van der Waals surface area contributed by atoms with Crippen LogP contribution in [0.15, 0.2) is 97.2 Å². The molecule has 0 aromatic carbocycles. The van der Waals surface area contributed by atoms with Gasteiger partial charge in [-0.15, -0.1) is 0 Å². The second-order valence-corrected chi connectivity index (χ2v) is 20.9. The fourth-order valence-electron chi connectivity index (χ4n) is 8.83. The van der Waals surface area contributed by atoms with Crippen LogP contribution >= 0.6 is 0 Å². The van der Waals surface area contributed by atoms with Crippen LogP contribution in [0.3, 0.4) is 0 Å². The second kappa shape index (κ2) is 62.9. The van der Waals surface area contributed by atoms with Crippen LogP contribution < -0.4 is 0 Å². The van der Waals surface area contributed by atoms with Gasteiger partial charge in [0.15, 0.2) is 6.10 Å². The number of hydrogen-bond acceptors (Lipinski definition) is 6.